The molecule has 0 aliphatic rings. The molecule has 0 atom stereocenters. The van der Waals surface area contributed by atoms with Crippen LogP contribution in [0.4, 0.5) is 0 Å². The Labute approximate surface area is 210 Å². The fourth-order valence-corrected chi connectivity index (χ4v) is 5.24. The quantitative estimate of drug-likeness (QED) is 0.246. The first-order chi connectivity index (χ1) is 17.5. The van der Waals surface area contributed by atoms with Crippen molar-refractivity contribution in [2.45, 2.75) is 26.7 Å². The van der Waals surface area contributed by atoms with Gasteiger partial charge in [0.2, 0.25) is 5.69 Å². The molecule has 0 unspecified atom stereocenters. The number of hydrogen-bond acceptors (Lipinski definition) is 2. The summed E-state index contributed by atoms with van der Waals surface area (Å²) in [5.41, 5.74) is 8.73. The maximum Gasteiger partial charge on any atom is 0.216 e. The predicted octanol–water partition coefficient (Wildman–Crippen LogP) is 8.20. The second kappa shape index (κ2) is 8.36. The molecule has 0 N–H and O–H groups in total. The Morgan fingerprint density at radius 2 is 1.53 bits per heavy atom. The minimum absolute atomic E-state index is 0.429. The number of nitrogens with zero attached hydrogens (tertiary/aromatic N) is 2. The number of rotatable bonds is 3. The van der Waals surface area contributed by atoms with Gasteiger partial charge in [-0.1, -0.05) is 62.4 Å². The van der Waals surface area contributed by atoms with E-state index in [4.69, 9.17) is 4.42 Å². The van der Waals surface area contributed by atoms with Gasteiger partial charge in [0, 0.05) is 28.5 Å². The second-order valence-corrected chi connectivity index (χ2v) is 9.89. The second-order valence-electron chi connectivity index (χ2n) is 9.89. The van der Waals surface area contributed by atoms with E-state index in [1.807, 2.05) is 24.3 Å². The number of pyridine rings is 1. The standard InChI is InChI=1S/C33H27N2O/c1-20(2)23-15-16-35(4)29(18-23)30-21(3)9-13-27-28-14-12-26(19-34)31(33(28)36-32(27)30)25-11-10-22-7-5-6-8-24(22)17-25/h5-18,20H,1-4H3/q+1. The van der Waals surface area contributed by atoms with Crippen molar-refractivity contribution in [2.24, 2.45) is 7.05 Å². The molecule has 36 heavy (non-hydrogen) atoms. The largest absolute Gasteiger partial charge is 0.454 e. The van der Waals surface area contributed by atoms with Crippen molar-refractivity contribution in [3.63, 3.8) is 0 Å². The molecular weight excluding hydrogens is 440 g/mol. The Balaban J connectivity index is 1.69. The summed E-state index contributed by atoms with van der Waals surface area (Å²) in [6.07, 6.45) is 2.12. The lowest BCUT2D eigenvalue weighted by atomic mass is 9.94. The zero-order valence-electron chi connectivity index (χ0n) is 21.0. The van der Waals surface area contributed by atoms with Gasteiger partial charge in [0.15, 0.2) is 6.20 Å². The van der Waals surface area contributed by atoms with Crippen LogP contribution in [0.1, 0.15) is 36.5 Å². The lowest BCUT2D eigenvalue weighted by Crippen LogP contribution is -2.31. The first-order valence-electron chi connectivity index (χ1n) is 12.3. The summed E-state index contributed by atoms with van der Waals surface area (Å²) in [5, 5.41) is 14.4. The van der Waals surface area contributed by atoms with E-state index in [1.165, 1.54) is 10.9 Å². The highest BCUT2D eigenvalue weighted by atomic mass is 16.3. The molecule has 4 aromatic carbocycles. The monoisotopic (exact) mass is 467 g/mol. The molecule has 0 saturated heterocycles. The minimum Gasteiger partial charge on any atom is -0.454 e. The molecule has 0 spiro atoms. The normalized spacial score (nSPS) is 11.6. The highest BCUT2D eigenvalue weighted by Gasteiger charge is 2.24. The van der Waals surface area contributed by atoms with Crippen LogP contribution in [0.15, 0.2) is 89.5 Å². The highest BCUT2D eigenvalue weighted by molar-refractivity contribution is 6.14. The zero-order valence-corrected chi connectivity index (χ0v) is 21.0. The third-order valence-electron chi connectivity index (χ3n) is 7.27. The SMILES string of the molecule is Cc1ccc2c(oc3c(-c4ccc5ccccc5c4)c(C#N)ccc32)c1-c1cc(C(C)C)cc[n+]1C. The van der Waals surface area contributed by atoms with Crippen LogP contribution in [0.25, 0.3) is 55.1 Å². The number of hydrogen-bond donors (Lipinski definition) is 0. The van der Waals surface area contributed by atoms with Crippen molar-refractivity contribution in [2.75, 3.05) is 0 Å². The number of aryl methyl sites for hydroxylation is 2. The first kappa shape index (κ1) is 22.1. The van der Waals surface area contributed by atoms with E-state index in [1.54, 1.807) is 0 Å². The molecule has 0 saturated carbocycles. The fourth-order valence-electron chi connectivity index (χ4n) is 5.24. The molecule has 3 heteroatoms. The maximum atomic E-state index is 10.0. The molecule has 3 nitrogen and oxygen atoms in total. The van der Waals surface area contributed by atoms with Crippen LogP contribution < -0.4 is 4.57 Å². The third-order valence-corrected chi connectivity index (χ3v) is 7.27. The average molecular weight is 468 g/mol. The van der Waals surface area contributed by atoms with E-state index in [-0.39, 0.29) is 0 Å². The molecule has 6 rings (SSSR count). The number of benzene rings is 4. The topological polar surface area (TPSA) is 40.8 Å². The summed E-state index contributed by atoms with van der Waals surface area (Å²) < 4.78 is 8.91. The molecule has 2 aromatic heterocycles. The van der Waals surface area contributed by atoms with E-state index >= 15 is 0 Å². The molecular formula is C33H27N2O+. The van der Waals surface area contributed by atoms with Crippen molar-refractivity contribution >= 4 is 32.7 Å². The van der Waals surface area contributed by atoms with Gasteiger partial charge >= 0.3 is 0 Å². The summed E-state index contributed by atoms with van der Waals surface area (Å²) in [7, 11) is 2.08. The van der Waals surface area contributed by atoms with Crippen LogP contribution >= 0.6 is 0 Å². The maximum absolute atomic E-state index is 10.0. The summed E-state index contributed by atoms with van der Waals surface area (Å²) >= 11 is 0. The first-order valence-corrected chi connectivity index (χ1v) is 12.3. The molecule has 0 bridgehead atoms. The molecule has 0 radical (unpaired) electrons. The van der Waals surface area contributed by atoms with E-state index in [0.717, 1.165) is 55.3 Å². The van der Waals surface area contributed by atoms with Crippen LogP contribution in [-0.4, -0.2) is 0 Å². The molecule has 174 valence electrons. The lowest BCUT2D eigenvalue weighted by Gasteiger charge is -2.09. The molecule has 0 aliphatic heterocycles. The van der Waals surface area contributed by atoms with Gasteiger partial charge in [-0.05, 0) is 58.5 Å². The lowest BCUT2D eigenvalue weighted by molar-refractivity contribution is -0.660. The summed E-state index contributed by atoms with van der Waals surface area (Å²) in [5.74, 6) is 0.429. The van der Waals surface area contributed by atoms with Gasteiger partial charge in [-0.2, -0.15) is 5.26 Å². The van der Waals surface area contributed by atoms with E-state index < -0.39 is 0 Å². The Hall–Kier alpha value is -4.42. The molecule has 6 aromatic rings. The van der Waals surface area contributed by atoms with Crippen LogP contribution in [0, 0.1) is 18.3 Å². The Bertz CT molecular complexity index is 1850. The number of furan rings is 1. The molecule has 2 heterocycles. The molecule has 0 fully saturated rings. The number of aromatic nitrogens is 1. The smallest absolute Gasteiger partial charge is 0.216 e. The van der Waals surface area contributed by atoms with Crippen molar-refractivity contribution in [1.29, 1.82) is 5.26 Å². The van der Waals surface area contributed by atoms with Crippen LogP contribution in [0.3, 0.4) is 0 Å². The Morgan fingerprint density at radius 3 is 2.28 bits per heavy atom. The fraction of sp³-hybridized carbons (Fsp3) is 0.152. The van der Waals surface area contributed by atoms with Crippen molar-refractivity contribution in [3.8, 4) is 28.5 Å². The number of fused-ring (bicyclic) bond motifs is 4. The van der Waals surface area contributed by atoms with Crippen molar-refractivity contribution < 1.29 is 8.98 Å². The van der Waals surface area contributed by atoms with Gasteiger partial charge in [-0.25, -0.2) is 4.57 Å². The van der Waals surface area contributed by atoms with Gasteiger partial charge in [0.25, 0.3) is 0 Å². The number of nitriles is 1. The van der Waals surface area contributed by atoms with Crippen LogP contribution in [0.2, 0.25) is 0 Å². The summed E-state index contributed by atoms with van der Waals surface area (Å²) in [4.78, 5) is 0. The van der Waals surface area contributed by atoms with Gasteiger partial charge in [-0.15, -0.1) is 0 Å². The predicted molar refractivity (Wildman–Crippen MR) is 147 cm³/mol. The van der Waals surface area contributed by atoms with Gasteiger partial charge < -0.3 is 4.42 Å². The van der Waals surface area contributed by atoms with Crippen LogP contribution in [0.5, 0.6) is 0 Å². The zero-order chi connectivity index (χ0) is 25.0. The van der Waals surface area contributed by atoms with Gasteiger partial charge in [-0.3, -0.25) is 0 Å². The van der Waals surface area contributed by atoms with Gasteiger partial charge in [0.1, 0.15) is 18.2 Å². The summed E-state index contributed by atoms with van der Waals surface area (Å²) in [6, 6.07) is 29.7. The average Bonchev–Trinajstić information content (AvgIpc) is 3.26. The van der Waals surface area contributed by atoms with Crippen LogP contribution in [-0.2, 0) is 7.05 Å². The van der Waals surface area contributed by atoms with Crippen molar-refractivity contribution in [3.05, 3.63) is 102 Å². The van der Waals surface area contributed by atoms with Crippen molar-refractivity contribution in [1.82, 2.24) is 0 Å². The summed E-state index contributed by atoms with van der Waals surface area (Å²) in [6.45, 7) is 6.56. The highest BCUT2D eigenvalue weighted by Crippen LogP contribution is 2.42. The Morgan fingerprint density at radius 1 is 0.806 bits per heavy atom. The Kier molecular flexibility index (Phi) is 5.12. The molecule has 0 aliphatic carbocycles. The minimum atomic E-state index is 0.429. The van der Waals surface area contributed by atoms with E-state index in [0.29, 0.717) is 11.5 Å². The van der Waals surface area contributed by atoms with Gasteiger partial charge in [0.05, 0.1) is 17.2 Å². The molecule has 0 amide bonds. The third kappa shape index (κ3) is 3.38. The van der Waals surface area contributed by atoms with E-state index in [9.17, 15) is 5.26 Å². The van der Waals surface area contributed by atoms with E-state index in [2.05, 4.69) is 99.2 Å².